The van der Waals surface area contributed by atoms with Crippen LogP contribution in [-0.2, 0) is 19.1 Å². The van der Waals surface area contributed by atoms with Crippen molar-refractivity contribution < 1.29 is 21.2 Å². The highest BCUT2D eigenvalue weighted by Gasteiger charge is 2.29. The third kappa shape index (κ3) is 2.77. The van der Waals surface area contributed by atoms with Crippen LogP contribution in [-0.4, -0.2) is 20.8 Å². The fraction of sp³-hybridized carbons (Fsp3) is 0.143. The lowest BCUT2D eigenvalue weighted by Crippen LogP contribution is -2.15. The van der Waals surface area contributed by atoms with Crippen LogP contribution in [0.1, 0.15) is 12.8 Å². The lowest BCUT2D eigenvalue weighted by molar-refractivity contribution is 0.589. The Hall–Kier alpha value is -1.35. The van der Waals surface area contributed by atoms with E-state index >= 15 is 0 Å². The first-order valence-corrected chi connectivity index (χ1v) is 10.8. The summed E-state index contributed by atoms with van der Waals surface area (Å²) in [5, 5.41) is -0.476. The maximum atomic E-state index is 14.5. The van der Waals surface area contributed by atoms with Gasteiger partial charge in [0.05, 0.1) is 9.93 Å². The number of halogens is 3. The maximum absolute atomic E-state index is 14.5. The summed E-state index contributed by atoms with van der Waals surface area (Å²) in [6, 6.07) is 2.36. The molecule has 0 atom stereocenters. The Morgan fingerprint density at radius 2 is 1.88 bits per heavy atom. The third-order valence-corrected chi connectivity index (χ3v) is 7.07. The van der Waals surface area contributed by atoms with Crippen molar-refractivity contribution in [1.29, 1.82) is 0 Å². The van der Waals surface area contributed by atoms with Crippen LogP contribution in [0.2, 0.25) is 5.02 Å². The standard InChI is InChI=1S/C14H10Cl2FNO4S2/c15-11-7-6-10-12(23(16,19)20)8-18(14(10)13(11)17)24(21,22)9-4-2-1-3-5-9/h1-2,4,6-8H,3,5H2. The van der Waals surface area contributed by atoms with E-state index in [1.807, 2.05) is 0 Å². The molecule has 0 amide bonds. The fourth-order valence-electron chi connectivity index (χ4n) is 2.50. The monoisotopic (exact) mass is 409 g/mol. The molecule has 0 radical (unpaired) electrons. The van der Waals surface area contributed by atoms with Crippen molar-refractivity contribution in [1.82, 2.24) is 3.97 Å². The maximum Gasteiger partial charge on any atom is 0.264 e. The zero-order valence-electron chi connectivity index (χ0n) is 11.9. The molecule has 0 fully saturated rings. The summed E-state index contributed by atoms with van der Waals surface area (Å²) in [5.41, 5.74) is -0.447. The largest absolute Gasteiger partial charge is 0.264 e. The van der Waals surface area contributed by atoms with E-state index in [0.717, 1.165) is 12.3 Å². The van der Waals surface area contributed by atoms with Gasteiger partial charge in [0.1, 0.15) is 10.4 Å². The number of fused-ring (bicyclic) bond motifs is 1. The fourth-order valence-corrected chi connectivity index (χ4v) is 5.29. The first kappa shape index (κ1) is 17.5. The summed E-state index contributed by atoms with van der Waals surface area (Å²) >= 11 is 5.73. The van der Waals surface area contributed by atoms with Crippen LogP contribution in [0.3, 0.4) is 0 Å². The molecule has 0 unspecified atom stereocenters. The van der Waals surface area contributed by atoms with Crippen LogP contribution in [0, 0.1) is 5.82 Å². The van der Waals surface area contributed by atoms with E-state index in [4.69, 9.17) is 22.3 Å². The van der Waals surface area contributed by atoms with E-state index in [9.17, 15) is 21.2 Å². The van der Waals surface area contributed by atoms with Gasteiger partial charge in [-0.2, -0.15) is 0 Å². The van der Waals surface area contributed by atoms with Crippen LogP contribution in [0.25, 0.3) is 10.9 Å². The Balaban J connectivity index is 2.43. The summed E-state index contributed by atoms with van der Waals surface area (Å²) in [7, 11) is -3.09. The van der Waals surface area contributed by atoms with Crippen LogP contribution >= 0.6 is 22.3 Å². The Morgan fingerprint density at radius 3 is 2.46 bits per heavy atom. The number of aromatic nitrogens is 1. The van der Waals surface area contributed by atoms with Gasteiger partial charge in [-0.15, -0.1) is 0 Å². The molecule has 1 aromatic carbocycles. The van der Waals surface area contributed by atoms with Crippen LogP contribution < -0.4 is 0 Å². The molecule has 0 saturated carbocycles. The number of hydrogen-bond acceptors (Lipinski definition) is 4. The summed E-state index contributed by atoms with van der Waals surface area (Å²) in [6.45, 7) is 0. The molecule has 2 aromatic rings. The smallest absolute Gasteiger partial charge is 0.237 e. The molecule has 0 aliphatic heterocycles. The molecule has 128 valence electrons. The van der Waals surface area contributed by atoms with Crippen molar-refractivity contribution in [3.63, 3.8) is 0 Å². The van der Waals surface area contributed by atoms with Gasteiger partial charge < -0.3 is 0 Å². The highest BCUT2D eigenvalue weighted by Crippen LogP contribution is 2.35. The van der Waals surface area contributed by atoms with E-state index < -0.39 is 35.3 Å². The van der Waals surface area contributed by atoms with E-state index in [-0.39, 0.29) is 21.7 Å². The number of rotatable bonds is 3. The number of hydrogen-bond donors (Lipinski definition) is 0. The topological polar surface area (TPSA) is 73.2 Å². The minimum Gasteiger partial charge on any atom is -0.237 e. The highest BCUT2D eigenvalue weighted by molar-refractivity contribution is 8.14. The quantitative estimate of drug-likeness (QED) is 0.723. The predicted octanol–water partition coefficient (Wildman–Crippen LogP) is 3.77. The van der Waals surface area contributed by atoms with Gasteiger partial charge in [0.2, 0.25) is 0 Å². The Labute approximate surface area is 147 Å². The van der Waals surface area contributed by atoms with Gasteiger partial charge in [-0.1, -0.05) is 23.8 Å². The molecular weight excluding hydrogens is 400 g/mol. The molecule has 1 aromatic heterocycles. The zero-order valence-corrected chi connectivity index (χ0v) is 15.1. The molecule has 0 N–H and O–H groups in total. The second-order valence-corrected chi connectivity index (χ2v) is 9.90. The van der Waals surface area contributed by atoms with Gasteiger partial charge in [0, 0.05) is 22.3 Å². The van der Waals surface area contributed by atoms with Crippen molar-refractivity contribution in [3.8, 4) is 0 Å². The second kappa shape index (κ2) is 5.87. The normalized spacial score (nSPS) is 15.7. The van der Waals surface area contributed by atoms with Crippen molar-refractivity contribution in [2.24, 2.45) is 0 Å². The SMILES string of the molecule is O=S(=O)(Cl)c1cn(S(=O)(=O)C2=CC=CCC2)c2c(F)c(Cl)ccc12. The van der Waals surface area contributed by atoms with E-state index in [1.54, 1.807) is 12.2 Å². The van der Waals surface area contributed by atoms with Gasteiger partial charge in [-0.05, 0) is 31.1 Å². The molecule has 1 aliphatic carbocycles. The lowest BCUT2D eigenvalue weighted by atomic mass is 10.2. The third-order valence-electron chi connectivity index (χ3n) is 3.62. The van der Waals surface area contributed by atoms with E-state index in [0.29, 0.717) is 10.4 Å². The van der Waals surface area contributed by atoms with Crippen molar-refractivity contribution in [3.05, 3.63) is 52.3 Å². The summed E-state index contributed by atoms with van der Waals surface area (Å²) in [6.07, 6.45) is 6.30. The van der Waals surface area contributed by atoms with Crippen molar-refractivity contribution in [2.75, 3.05) is 0 Å². The first-order chi connectivity index (χ1) is 11.1. The summed E-state index contributed by atoms with van der Waals surface area (Å²) < 4.78 is 64.2. The molecule has 1 heterocycles. The average molecular weight is 410 g/mol. The molecule has 0 spiro atoms. The average Bonchev–Trinajstić information content (AvgIpc) is 2.93. The van der Waals surface area contributed by atoms with Crippen LogP contribution in [0.4, 0.5) is 4.39 Å². The van der Waals surface area contributed by atoms with E-state index in [1.165, 1.54) is 12.1 Å². The molecule has 0 saturated heterocycles. The molecular formula is C14H10Cl2FNO4S2. The summed E-state index contributed by atoms with van der Waals surface area (Å²) in [4.78, 5) is -0.454. The minimum atomic E-state index is -4.29. The zero-order chi connectivity index (χ0) is 17.7. The molecule has 24 heavy (non-hydrogen) atoms. The number of nitrogens with zero attached hydrogens (tertiary/aromatic N) is 1. The van der Waals surface area contributed by atoms with E-state index in [2.05, 4.69) is 0 Å². The van der Waals surface area contributed by atoms with Crippen molar-refractivity contribution in [2.45, 2.75) is 17.7 Å². The number of benzene rings is 1. The van der Waals surface area contributed by atoms with Crippen LogP contribution in [0.5, 0.6) is 0 Å². The van der Waals surface area contributed by atoms with Crippen LogP contribution in [0.15, 0.2) is 46.4 Å². The van der Waals surface area contributed by atoms with Gasteiger partial charge in [-0.25, -0.2) is 25.2 Å². The molecule has 3 rings (SSSR count). The van der Waals surface area contributed by atoms with Gasteiger partial charge >= 0.3 is 0 Å². The Kier molecular flexibility index (Phi) is 4.28. The van der Waals surface area contributed by atoms with Crippen molar-refractivity contribution >= 4 is 52.3 Å². The lowest BCUT2D eigenvalue weighted by Gasteiger charge is -2.12. The first-order valence-electron chi connectivity index (χ1n) is 6.69. The van der Waals surface area contributed by atoms with Gasteiger partial charge in [0.25, 0.3) is 19.1 Å². The summed E-state index contributed by atoms with van der Waals surface area (Å²) in [5.74, 6) is -1.03. The minimum absolute atomic E-state index is 0.0415. The molecule has 5 nitrogen and oxygen atoms in total. The van der Waals surface area contributed by atoms with Gasteiger partial charge in [-0.3, -0.25) is 0 Å². The second-order valence-electron chi connectivity index (χ2n) is 5.09. The van der Waals surface area contributed by atoms with Gasteiger partial charge in [0.15, 0.2) is 5.82 Å². The number of allylic oxidation sites excluding steroid dienone is 4. The highest BCUT2D eigenvalue weighted by atomic mass is 35.7. The Bertz CT molecular complexity index is 1120. The predicted molar refractivity (Wildman–Crippen MR) is 90.7 cm³/mol. The molecule has 1 aliphatic rings. The Morgan fingerprint density at radius 1 is 1.17 bits per heavy atom. The molecule has 0 bridgehead atoms. The molecule has 10 heteroatoms.